The average molecular weight is 416 g/mol. The van der Waals surface area contributed by atoms with Gasteiger partial charge < -0.3 is 10.1 Å². The molecule has 1 heterocycles. The van der Waals surface area contributed by atoms with Gasteiger partial charge in [0.2, 0.25) is 0 Å². The number of hydrogen-bond donors (Lipinski definition) is 1. The van der Waals surface area contributed by atoms with Crippen molar-refractivity contribution in [1.29, 1.82) is 0 Å². The van der Waals surface area contributed by atoms with Gasteiger partial charge in [-0.05, 0) is 60.4 Å². The average Bonchev–Trinajstić information content (AvgIpc) is 2.49. The van der Waals surface area contributed by atoms with Crippen molar-refractivity contribution in [3.63, 3.8) is 0 Å². The van der Waals surface area contributed by atoms with Crippen LogP contribution in [-0.2, 0) is 0 Å². The zero-order valence-electron chi connectivity index (χ0n) is 12.2. The molecule has 0 aliphatic heterocycles. The van der Waals surface area contributed by atoms with Crippen LogP contribution in [0.1, 0.15) is 26.2 Å². The number of fused-ring (bicyclic) bond motifs is 1. The predicted octanol–water partition coefficient (Wildman–Crippen LogP) is 4.92. The summed E-state index contributed by atoms with van der Waals surface area (Å²) in [7, 11) is 0. The molecule has 3 nitrogen and oxygen atoms in total. The van der Waals surface area contributed by atoms with Crippen molar-refractivity contribution in [3.8, 4) is 5.75 Å². The highest BCUT2D eigenvalue weighted by Crippen LogP contribution is 2.37. The molecule has 21 heavy (non-hydrogen) atoms. The zero-order valence-corrected chi connectivity index (χ0v) is 15.3. The lowest BCUT2D eigenvalue weighted by molar-refractivity contribution is 0.307. The van der Waals surface area contributed by atoms with E-state index in [0.717, 1.165) is 51.5 Å². The molecule has 0 amide bonds. The second-order valence-corrected chi connectivity index (χ2v) is 6.58. The molecule has 0 unspecified atom stereocenters. The van der Waals surface area contributed by atoms with Gasteiger partial charge >= 0.3 is 0 Å². The summed E-state index contributed by atoms with van der Waals surface area (Å²) in [6.07, 6.45) is 5.13. The highest BCUT2D eigenvalue weighted by Gasteiger charge is 2.11. The molecular weight excluding hydrogens is 396 g/mol. The Morgan fingerprint density at radius 3 is 2.86 bits per heavy atom. The highest BCUT2D eigenvalue weighted by molar-refractivity contribution is 9.11. The Morgan fingerprint density at radius 2 is 2.05 bits per heavy atom. The second-order valence-electron chi connectivity index (χ2n) is 4.87. The molecule has 114 valence electrons. The fraction of sp³-hybridized carbons (Fsp3) is 0.438. The first-order chi connectivity index (χ1) is 10.2. The standard InChI is InChI=1S/C16H20Br2N2O/c1-2-7-19-8-3-4-10-21-16-14(18)11-13(17)12-6-5-9-20-15(12)16/h5-6,9,11,19H,2-4,7-8,10H2,1H3. The molecule has 0 aliphatic rings. The van der Waals surface area contributed by atoms with Crippen molar-refractivity contribution < 1.29 is 4.74 Å². The summed E-state index contributed by atoms with van der Waals surface area (Å²) in [6, 6.07) is 5.99. The first-order valence-corrected chi connectivity index (χ1v) is 8.89. The van der Waals surface area contributed by atoms with Crippen molar-refractivity contribution >= 4 is 42.8 Å². The first kappa shape index (κ1) is 16.7. The first-order valence-electron chi connectivity index (χ1n) is 7.30. The van der Waals surface area contributed by atoms with E-state index in [-0.39, 0.29) is 0 Å². The lowest BCUT2D eigenvalue weighted by Crippen LogP contribution is -2.16. The Balaban J connectivity index is 1.96. The maximum atomic E-state index is 5.95. The van der Waals surface area contributed by atoms with E-state index in [9.17, 15) is 0 Å². The fourth-order valence-corrected chi connectivity index (χ4v) is 3.50. The minimum Gasteiger partial charge on any atom is -0.490 e. The van der Waals surface area contributed by atoms with E-state index in [0.29, 0.717) is 6.61 Å². The van der Waals surface area contributed by atoms with Crippen LogP contribution in [0.25, 0.3) is 10.9 Å². The van der Waals surface area contributed by atoms with Crippen LogP contribution in [0.4, 0.5) is 0 Å². The molecule has 1 N–H and O–H groups in total. The largest absolute Gasteiger partial charge is 0.490 e. The lowest BCUT2D eigenvalue weighted by atomic mass is 10.2. The Hall–Kier alpha value is -0.650. The molecule has 2 rings (SSSR count). The van der Waals surface area contributed by atoms with Gasteiger partial charge in [-0.15, -0.1) is 0 Å². The smallest absolute Gasteiger partial charge is 0.159 e. The normalized spacial score (nSPS) is 11.0. The van der Waals surface area contributed by atoms with E-state index in [1.807, 2.05) is 18.2 Å². The number of benzene rings is 1. The molecule has 0 atom stereocenters. The number of pyridine rings is 1. The van der Waals surface area contributed by atoms with Crippen molar-refractivity contribution in [3.05, 3.63) is 33.3 Å². The van der Waals surface area contributed by atoms with E-state index in [1.54, 1.807) is 6.20 Å². The SMILES string of the molecule is CCCNCCCCOc1c(Br)cc(Br)c2cccnc12. The number of halogens is 2. The third-order valence-corrected chi connectivity index (χ3v) is 4.42. The van der Waals surface area contributed by atoms with Crippen LogP contribution < -0.4 is 10.1 Å². The third-order valence-electron chi connectivity index (χ3n) is 3.17. The van der Waals surface area contributed by atoms with E-state index >= 15 is 0 Å². The van der Waals surface area contributed by atoms with Gasteiger partial charge in [0.05, 0.1) is 11.1 Å². The molecule has 0 radical (unpaired) electrons. The Bertz CT molecular complexity index is 590. The monoisotopic (exact) mass is 414 g/mol. The molecule has 1 aromatic heterocycles. The van der Waals surface area contributed by atoms with Crippen molar-refractivity contribution in [2.24, 2.45) is 0 Å². The Kier molecular flexibility index (Phi) is 6.93. The summed E-state index contributed by atoms with van der Waals surface area (Å²) in [4.78, 5) is 4.44. The molecule has 0 saturated carbocycles. The van der Waals surface area contributed by atoms with Gasteiger partial charge in [0.25, 0.3) is 0 Å². The van der Waals surface area contributed by atoms with E-state index in [2.05, 4.69) is 49.1 Å². The van der Waals surface area contributed by atoms with Crippen LogP contribution >= 0.6 is 31.9 Å². The quantitative estimate of drug-likeness (QED) is 0.621. The number of nitrogens with zero attached hydrogens (tertiary/aromatic N) is 1. The molecule has 0 spiro atoms. The molecule has 1 aromatic carbocycles. The summed E-state index contributed by atoms with van der Waals surface area (Å²) in [6.45, 7) is 5.03. The van der Waals surface area contributed by atoms with Crippen LogP contribution in [0.2, 0.25) is 0 Å². The van der Waals surface area contributed by atoms with E-state index in [1.165, 1.54) is 6.42 Å². The van der Waals surface area contributed by atoms with Crippen molar-refractivity contribution in [1.82, 2.24) is 10.3 Å². The molecule has 0 bridgehead atoms. The van der Waals surface area contributed by atoms with Gasteiger partial charge in [-0.3, -0.25) is 4.98 Å². The summed E-state index contributed by atoms with van der Waals surface area (Å²) in [5.74, 6) is 0.829. The third kappa shape index (κ3) is 4.66. The minimum atomic E-state index is 0.708. The molecule has 0 saturated heterocycles. The van der Waals surface area contributed by atoms with Gasteiger partial charge in [-0.25, -0.2) is 0 Å². The minimum absolute atomic E-state index is 0.708. The highest BCUT2D eigenvalue weighted by atomic mass is 79.9. The van der Waals surface area contributed by atoms with E-state index < -0.39 is 0 Å². The van der Waals surface area contributed by atoms with E-state index in [4.69, 9.17) is 4.74 Å². The topological polar surface area (TPSA) is 34.1 Å². The number of unbranched alkanes of at least 4 members (excludes halogenated alkanes) is 1. The summed E-state index contributed by atoms with van der Waals surface area (Å²) in [5, 5.41) is 4.47. The fourth-order valence-electron chi connectivity index (χ4n) is 2.11. The molecule has 0 fully saturated rings. The lowest BCUT2D eigenvalue weighted by Gasteiger charge is -2.12. The molecule has 0 aliphatic carbocycles. The number of rotatable bonds is 8. The maximum Gasteiger partial charge on any atom is 0.159 e. The van der Waals surface area contributed by atoms with Gasteiger partial charge in [0.1, 0.15) is 5.52 Å². The predicted molar refractivity (Wildman–Crippen MR) is 95.0 cm³/mol. The van der Waals surface area contributed by atoms with Gasteiger partial charge in [-0.2, -0.15) is 0 Å². The van der Waals surface area contributed by atoms with Crippen LogP contribution in [0.5, 0.6) is 5.75 Å². The number of aromatic nitrogens is 1. The zero-order chi connectivity index (χ0) is 15.1. The Morgan fingerprint density at radius 1 is 1.19 bits per heavy atom. The molecular formula is C16H20Br2N2O. The number of nitrogens with one attached hydrogen (secondary N) is 1. The van der Waals surface area contributed by atoms with Crippen LogP contribution in [0, 0.1) is 0 Å². The molecule has 5 heteroatoms. The van der Waals surface area contributed by atoms with Crippen LogP contribution in [0.15, 0.2) is 33.3 Å². The number of ether oxygens (including phenoxy) is 1. The second kappa shape index (κ2) is 8.71. The Labute approximate surface area is 142 Å². The summed E-state index contributed by atoms with van der Waals surface area (Å²) >= 11 is 7.13. The van der Waals surface area contributed by atoms with Gasteiger partial charge in [-0.1, -0.05) is 28.9 Å². The van der Waals surface area contributed by atoms with Crippen LogP contribution in [-0.4, -0.2) is 24.7 Å². The van der Waals surface area contributed by atoms with Gasteiger partial charge in [0.15, 0.2) is 5.75 Å². The van der Waals surface area contributed by atoms with Crippen LogP contribution in [0.3, 0.4) is 0 Å². The van der Waals surface area contributed by atoms with Crippen molar-refractivity contribution in [2.75, 3.05) is 19.7 Å². The maximum absolute atomic E-state index is 5.95. The number of hydrogen-bond acceptors (Lipinski definition) is 3. The van der Waals surface area contributed by atoms with Crippen molar-refractivity contribution in [2.45, 2.75) is 26.2 Å². The summed E-state index contributed by atoms with van der Waals surface area (Å²) < 4.78 is 7.91. The van der Waals surface area contributed by atoms with Gasteiger partial charge in [0, 0.05) is 16.1 Å². The summed E-state index contributed by atoms with van der Waals surface area (Å²) in [5.41, 5.74) is 0.892. The molecule has 2 aromatic rings.